The van der Waals surface area contributed by atoms with E-state index in [1.165, 1.54) is 24.3 Å². The topological polar surface area (TPSA) is 120 Å². The highest BCUT2D eigenvalue weighted by atomic mass is 32.2. The van der Waals surface area contributed by atoms with E-state index < -0.39 is 44.5 Å². The summed E-state index contributed by atoms with van der Waals surface area (Å²) in [7, 11) is -4.18. The van der Waals surface area contributed by atoms with Gasteiger partial charge in [-0.25, -0.2) is 18.1 Å². The minimum Gasteiger partial charge on any atom is -0.353 e. The van der Waals surface area contributed by atoms with Gasteiger partial charge in [-0.2, -0.15) is 36.6 Å². The van der Waals surface area contributed by atoms with E-state index >= 15 is 0 Å². The van der Waals surface area contributed by atoms with Crippen molar-refractivity contribution in [2.75, 3.05) is 23.7 Å². The minimum absolute atomic E-state index is 0.213. The lowest BCUT2D eigenvalue weighted by Crippen LogP contribution is -2.29. The van der Waals surface area contributed by atoms with Gasteiger partial charge in [0.25, 0.3) is 0 Å². The lowest BCUT2D eigenvalue weighted by molar-refractivity contribution is -0.141. The second kappa shape index (κ2) is 10.4. The van der Waals surface area contributed by atoms with Gasteiger partial charge < -0.3 is 10.6 Å². The van der Waals surface area contributed by atoms with Crippen molar-refractivity contribution >= 4 is 27.5 Å². The Morgan fingerprint density at radius 2 is 1.50 bits per heavy atom. The van der Waals surface area contributed by atoms with Gasteiger partial charge in [-0.15, -0.1) is 0 Å². The molecule has 8 nitrogen and oxygen atoms in total. The summed E-state index contributed by atoms with van der Waals surface area (Å²) in [5, 5.41) is 14.0. The fourth-order valence-electron chi connectivity index (χ4n) is 2.78. The Morgan fingerprint density at radius 3 is 2.06 bits per heavy atom. The van der Waals surface area contributed by atoms with Crippen molar-refractivity contribution in [1.29, 1.82) is 5.26 Å². The van der Waals surface area contributed by atoms with Crippen LogP contribution < -0.4 is 15.4 Å². The van der Waals surface area contributed by atoms with E-state index in [2.05, 4.69) is 25.3 Å². The molecular formula is C21H16F6N6O2S. The van der Waals surface area contributed by atoms with Crippen LogP contribution in [0.25, 0.3) is 0 Å². The fourth-order valence-corrected chi connectivity index (χ4v) is 3.81. The predicted octanol–water partition coefficient (Wildman–Crippen LogP) is 4.52. The normalized spacial score (nSPS) is 12.1. The van der Waals surface area contributed by atoms with Gasteiger partial charge in [0.1, 0.15) is 5.82 Å². The molecular weight excluding hydrogens is 514 g/mol. The number of hydrogen-bond acceptors (Lipinski definition) is 7. The molecule has 0 unspecified atom stereocenters. The Balaban J connectivity index is 1.67. The van der Waals surface area contributed by atoms with Crippen LogP contribution in [0.2, 0.25) is 0 Å². The van der Waals surface area contributed by atoms with Crippen LogP contribution in [0.5, 0.6) is 0 Å². The molecule has 0 saturated carbocycles. The highest BCUT2D eigenvalue weighted by molar-refractivity contribution is 7.89. The monoisotopic (exact) mass is 530 g/mol. The number of aromatic nitrogens is 2. The average molecular weight is 530 g/mol. The van der Waals surface area contributed by atoms with Gasteiger partial charge in [0.05, 0.1) is 22.1 Å². The third-order valence-electron chi connectivity index (χ3n) is 4.50. The Hall–Kier alpha value is -3.90. The van der Waals surface area contributed by atoms with E-state index in [4.69, 9.17) is 5.26 Å². The molecule has 1 aromatic heterocycles. The van der Waals surface area contributed by atoms with Crippen molar-refractivity contribution < 1.29 is 34.8 Å². The number of benzene rings is 2. The molecule has 0 atom stereocenters. The van der Waals surface area contributed by atoms with E-state index in [1.54, 1.807) is 0 Å². The summed E-state index contributed by atoms with van der Waals surface area (Å²) in [5.41, 5.74) is -1.58. The standard InChI is InChI=1S/C21H16F6N6O2S/c22-20(23,24)14-3-7-16(8-4-14)36(34,35)30-10-9-29-19-32-17(21(25,26)27)11-18(33-19)31-15-5-1-13(12-28)2-6-15/h1-8,11,30H,9-10H2,(H2,29,31,32,33). The molecule has 0 saturated heterocycles. The number of sulfonamides is 1. The van der Waals surface area contributed by atoms with Crippen molar-refractivity contribution in [3.63, 3.8) is 0 Å². The molecule has 0 spiro atoms. The zero-order valence-electron chi connectivity index (χ0n) is 17.9. The summed E-state index contributed by atoms with van der Waals surface area (Å²) >= 11 is 0. The first-order chi connectivity index (χ1) is 16.8. The van der Waals surface area contributed by atoms with Crippen LogP contribution in [-0.2, 0) is 22.4 Å². The number of alkyl halides is 6. The second-order valence-electron chi connectivity index (χ2n) is 7.12. The zero-order valence-corrected chi connectivity index (χ0v) is 18.8. The van der Waals surface area contributed by atoms with Crippen LogP contribution in [0.4, 0.5) is 43.8 Å². The van der Waals surface area contributed by atoms with Gasteiger partial charge in [-0.3, -0.25) is 0 Å². The maximum absolute atomic E-state index is 13.3. The second-order valence-corrected chi connectivity index (χ2v) is 8.89. The van der Waals surface area contributed by atoms with Gasteiger partial charge in [0.15, 0.2) is 5.69 Å². The number of hydrogen-bond donors (Lipinski definition) is 3. The van der Waals surface area contributed by atoms with Crippen LogP contribution in [0, 0.1) is 11.3 Å². The highest BCUT2D eigenvalue weighted by Crippen LogP contribution is 2.31. The summed E-state index contributed by atoms with van der Waals surface area (Å²) in [6.45, 7) is -0.571. The Labute approximate surface area is 201 Å². The van der Waals surface area contributed by atoms with Crippen LogP contribution in [0.3, 0.4) is 0 Å². The molecule has 3 N–H and O–H groups in total. The van der Waals surface area contributed by atoms with Crippen molar-refractivity contribution in [3.8, 4) is 6.07 Å². The summed E-state index contributed by atoms with van der Waals surface area (Å²) in [4.78, 5) is 6.90. The Morgan fingerprint density at radius 1 is 0.861 bits per heavy atom. The first-order valence-corrected chi connectivity index (χ1v) is 11.4. The Bertz CT molecular complexity index is 1350. The fraction of sp³-hybridized carbons (Fsp3) is 0.190. The Kier molecular flexibility index (Phi) is 7.70. The number of halogens is 6. The SMILES string of the molecule is N#Cc1ccc(Nc2cc(C(F)(F)F)nc(NCCNS(=O)(=O)c3ccc(C(F)(F)F)cc3)n2)cc1. The maximum atomic E-state index is 13.3. The van der Waals surface area contributed by atoms with Crippen LogP contribution in [0.1, 0.15) is 16.8 Å². The van der Waals surface area contributed by atoms with Crippen molar-refractivity contribution in [2.45, 2.75) is 17.2 Å². The largest absolute Gasteiger partial charge is 0.433 e. The minimum atomic E-state index is -4.80. The smallest absolute Gasteiger partial charge is 0.353 e. The van der Waals surface area contributed by atoms with Gasteiger partial charge in [0.2, 0.25) is 16.0 Å². The lowest BCUT2D eigenvalue weighted by Gasteiger charge is -2.13. The third kappa shape index (κ3) is 7.06. The third-order valence-corrected chi connectivity index (χ3v) is 5.97. The number of rotatable bonds is 8. The summed E-state index contributed by atoms with van der Waals surface area (Å²) in [5.74, 6) is -0.662. The lowest BCUT2D eigenvalue weighted by atomic mass is 10.2. The molecule has 1 heterocycles. The van der Waals surface area contributed by atoms with E-state index in [1.807, 2.05) is 6.07 Å². The number of nitrogens with zero attached hydrogens (tertiary/aromatic N) is 3. The van der Waals surface area contributed by atoms with E-state index in [0.717, 1.165) is 12.1 Å². The van der Waals surface area contributed by atoms with E-state index in [9.17, 15) is 34.8 Å². The van der Waals surface area contributed by atoms with Crippen LogP contribution in [0.15, 0.2) is 59.5 Å². The number of nitrogens with one attached hydrogen (secondary N) is 3. The molecule has 36 heavy (non-hydrogen) atoms. The molecule has 190 valence electrons. The predicted molar refractivity (Wildman–Crippen MR) is 117 cm³/mol. The van der Waals surface area contributed by atoms with Crippen molar-refractivity contribution in [2.24, 2.45) is 0 Å². The first-order valence-electron chi connectivity index (χ1n) is 9.92. The van der Waals surface area contributed by atoms with E-state index in [0.29, 0.717) is 29.4 Å². The van der Waals surface area contributed by atoms with Gasteiger partial charge in [-0.1, -0.05) is 0 Å². The molecule has 0 amide bonds. The van der Waals surface area contributed by atoms with Gasteiger partial charge >= 0.3 is 12.4 Å². The molecule has 0 bridgehead atoms. The maximum Gasteiger partial charge on any atom is 0.433 e. The quantitative estimate of drug-likeness (QED) is 0.289. The van der Waals surface area contributed by atoms with Crippen molar-refractivity contribution in [1.82, 2.24) is 14.7 Å². The molecule has 2 aromatic carbocycles. The zero-order chi connectivity index (χ0) is 26.6. The average Bonchev–Trinajstić information content (AvgIpc) is 2.81. The number of nitriles is 1. The first kappa shape index (κ1) is 26.7. The van der Waals surface area contributed by atoms with Crippen LogP contribution >= 0.6 is 0 Å². The van der Waals surface area contributed by atoms with Gasteiger partial charge in [0, 0.05) is 24.8 Å². The molecule has 0 aliphatic heterocycles. The number of anilines is 3. The van der Waals surface area contributed by atoms with E-state index in [-0.39, 0.29) is 18.9 Å². The summed E-state index contributed by atoms with van der Waals surface area (Å²) < 4.78 is 104. The summed E-state index contributed by atoms with van der Waals surface area (Å²) in [6, 6.07) is 11.2. The molecule has 0 aliphatic rings. The molecule has 0 radical (unpaired) electrons. The van der Waals surface area contributed by atoms with Crippen LogP contribution in [-0.4, -0.2) is 31.5 Å². The molecule has 15 heteroatoms. The molecule has 0 fully saturated rings. The van der Waals surface area contributed by atoms with Crippen molar-refractivity contribution in [3.05, 3.63) is 71.4 Å². The molecule has 3 rings (SSSR count). The highest BCUT2D eigenvalue weighted by Gasteiger charge is 2.34. The molecule has 0 aliphatic carbocycles. The molecule has 3 aromatic rings. The summed E-state index contributed by atoms with van der Waals surface area (Å²) in [6.07, 6.45) is -9.43. The van der Waals surface area contributed by atoms with Gasteiger partial charge in [-0.05, 0) is 48.5 Å².